The van der Waals surface area contributed by atoms with E-state index in [0.29, 0.717) is 61.2 Å². The van der Waals surface area contributed by atoms with Crippen molar-refractivity contribution in [3.63, 3.8) is 0 Å². The second kappa shape index (κ2) is 25.8. The fourth-order valence-corrected chi connectivity index (χ4v) is 15.9. The van der Waals surface area contributed by atoms with Gasteiger partial charge in [-0.15, -0.1) is 0 Å². The van der Waals surface area contributed by atoms with Crippen LogP contribution in [0.5, 0.6) is 0 Å². The second-order valence-corrected chi connectivity index (χ2v) is 31.9. The van der Waals surface area contributed by atoms with Crippen molar-refractivity contribution >= 4 is 43.9 Å². The van der Waals surface area contributed by atoms with Crippen LogP contribution in [-0.2, 0) is 52.0 Å². The van der Waals surface area contributed by atoms with Crippen LogP contribution in [0.2, 0.25) is 18.1 Å². The number of fused-ring (bicyclic) bond motifs is 3. The van der Waals surface area contributed by atoms with Gasteiger partial charge in [-0.05, 0) is 93.1 Å². The molecule has 6 saturated heterocycles. The van der Waals surface area contributed by atoms with E-state index in [1.54, 1.807) is 7.11 Å². The first-order valence-corrected chi connectivity index (χ1v) is 33.7. The molecule has 0 aromatic heterocycles. The van der Waals surface area contributed by atoms with Crippen LogP contribution in [0.1, 0.15) is 146 Å². The van der Waals surface area contributed by atoms with Gasteiger partial charge in [0.2, 0.25) is 11.8 Å². The predicted octanol–water partition coefficient (Wildman–Crippen LogP) is 8.45. The van der Waals surface area contributed by atoms with Crippen LogP contribution in [0.3, 0.4) is 0 Å². The van der Waals surface area contributed by atoms with Crippen molar-refractivity contribution in [2.24, 2.45) is 23.7 Å². The quantitative estimate of drug-likeness (QED) is 0.0323. The number of methoxy groups -OCH3 is 1. The molecule has 0 radical (unpaired) electrons. The summed E-state index contributed by atoms with van der Waals surface area (Å²) in [5, 5.41) is 25.5. The number of urea groups is 1. The number of ether oxygens (including phenoxy) is 7. The Labute approximate surface area is 476 Å². The van der Waals surface area contributed by atoms with Crippen LogP contribution >= 0.6 is 11.8 Å². The van der Waals surface area contributed by atoms with E-state index >= 15 is 0 Å². The summed E-state index contributed by atoms with van der Waals surface area (Å²) in [6.45, 7) is 26.0. The van der Waals surface area contributed by atoms with Crippen molar-refractivity contribution in [1.29, 1.82) is 0 Å². The van der Waals surface area contributed by atoms with Gasteiger partial charge in [-0.25, -0.2) is 4.79 Å². The summed E-state index contributed by atoms with van der Waals surface area (Å²) in [6, 6.07) is -0.218. The maximum Gasteiger partial charge on any atom is 0.316 e. The van der Waals surface area contributed by atoms with Gasteiger partial charge >= 0.3 is 12.0 Å². The first-order valence-electron chi connectivity index (χ1n) is 29.7. The lowest BCUT2D eigenvalue weighted by atomic mass is 9.71. The van der Waals surface area contributed by atoms with Gasteiger partial charge in [0.1, 0.15) is 23.7 Å². The van der Waals surface area contributed by atoms with Crippen LogP contribution in [0.25, 0.3) is 0 Å². The molecule has 5 N–H and O–H groups in total. The summed E-state index contributed by atoms with van der Waals surface area (Å²) >= 11 is 1.87. The first-order chi connectivity index (χ1) is 37.3. The highest BCUT2D eigenvalue weighted by atomic mass is 32.2. The number of amides is 4. The number of allylic oxidation sites excluding steroid dienone is 2. The largest absolute Gasteiger partial charge is 0.462 e. The Bertz CT molecular complexity index is 2310. The van der Waals surface area contributed by atoms with Gasteiger partial charge < -0.3 is 64.0 Å². The molecule has 444 valence electrons. The lowest BCUT2D eigenvalue weighted by Gasteiger charge is -2.51. The van der Waals surface area contributed by atoms with Crippen LogP contribution < -0.4 is 21.3 Å². The van der Waals surface area contributed by atoms with Gasteiger partial charge in [0.05, 0.1) is 61.4 Å². The molecule has 0 saturated carbocycles. The molecule has 6 fully saturated rings. The third-order valence-electron chi connectivity index (χ3n) is 19.0. The summed E-state index contributed by atoms with van der Waals surface area (Å²) in [5.41, 5.74) is 0.624. The standard InChI is InChI=1S/C60H96N4O13SSi/c1-14-34(2)53-37(5)24-26-59(76-53)31-42-29-41(75-59)23-22-36(4)52(35(3)18-17-19-40-32-71-55-54(77-79(12,13)58(8,9)10)38(6)28-43(56(67)73-42)60(40,55)69)74-49-30-45(70-11)50(39(7)72-49)63-48(66)25-27-61-47(65)21-16-15-20-46-51-44(33-78-46)62-57(68)64-51/h17-19,22,28,34-35,37,39,41-46,49-55,69H,14-16,20-21,23-27,29-33H2,1-13H3,(H,61,65)(H,63,66)(H2,62,64,68)/b18-17+,36-22+,40-19+/t34?,35-,37-,39-,41+,42-,43-,44?,45-,46-,49-,50-,51?,52?,53+,54+,55?,59+,60+/m0/s1. The summed E-state index contributed by atoms with van der Waals surface area (Å²) in [7, 11) is -0.761. The molecule has 5 unspecified atom stereocenters. The number of esters is 1. The SMILES string of the molecule is CCC(C)[C@H]1O[C@]2(CC[C@@H]1C)C[C@@H]1C[C@@H](C/C=C(\C)C(O[C@H]3C[C@H](OC)[C@@H](NC(=O)CCNC(=O)CCCC[C@@H]4SCC5NC(=O)NC54)[C@H](C)O3)[C@@H](C)/C=C/C=C3\COC4[C@H](O[Si](C)(C)C(C)(C)C)C(C)=C[C@@H](C(=O)O1)[C@]34O)O2. The van der Waals surface area contributed by atoms with E-state index in [4.69, 9.17) is 37.6 Å². The Balaban J connectivity index is 0.971. The average molecular weight is 1140 g/mol. The molecule has 0 aromatic carbocycles. The Kier molecular flexibility index (Phi) is 20.2. The summed E-state index contributed by atoms with van der Waals surface area (Å²) < 4.78 is 54.0. The number of hydrogen-bond acceptors (Lipinski definition) is 14. The van der Waals surface area contributed by atoms with Crippen molar-refractivity contribution in [3.05, 3.63) is 47.1 Å². The zero-order valence-corrected chi connectivity index (χ0v) is 51.4. The minimum Gasteiger partial charge on any atom is -0.462 e. The summed E-state index contributed by atoms with van der Waals surface area (Å²) in [5.74, 6) is -1.45. The van der Waals surface area contributed by atoms with Crippen LogP contribution in [0, 0.1) is 23.7 Å². The van der Waals surface area contributed by atoms with E-state index < -0.39 is 80.5 Å². The third kappa shape index (κ3) is 14.1. The van der Waals surface area contributed by atoms with E-state index in [-0.39, 0.29) is 72.7 Å². The molecule has 19 atom stereocenters. The predicted molar refractivity (Wildman–Crippen MR) is 306 cm³/mol. The molecule has 7 aliphatic heterocycles. The van der Waals surface area contributed by atoms with E-state index in [0.717, 1.165) is 49.0 Å². The van der Waals surface area contributed by atoms with E-state index in [9.17, 15) is 24.3 Å². The van der Waals surface area contributed by atoms with Crippen molar-refractivity contribution in [2.75, 3.05) is 26.0 Å². The molecule has 19 heteroatoms. The van der Waals surface area contributed by atoms with Gasteiger partial charge in [0.15, 0.2) is 20.4 Å². The highest BCUT2D eigenvalue weighted by molar-refractivity contribution is 8.00. The zero-order valence-electron chi connectivity index (χ0n) is 49.6. The molecule has 4 amide bonds. The number of carbonyl (C=O) groups excluding carboxylic acids is 4. The van der Waals surface area contributed by atoms with E-state index in [2.05, 4.69) is 95.8 Å². The minimum atomic E-state index is -2.39. The summed E-state index contributed by atoms with van der Waals surface area (Å²) in [6.07, 6.45) is 12.8. The minimum absolute atomic E-state index is 0.0190. The van der Waals surface area contributed by atoms with Crippen molar-refractivity contribution < 1.29 is 61.9 Å². The monoisotopic (exact) mass is 1140 g/mol. The van der Waals surface area contributed by atoms with E-state index in [1.807, 2.05) is 49.9 Å². The maximum absolute atomic E-state index is 14.9. The number of carbonyl (C=O) groups is 4. The highest BCUT2D eigenvalue weighted by Gasteiger charge is 2.62. The molecule has 8 aliphatic rings. The zero-order chi connectivity index (χ0) is 57.2. The molecular weight excluding hydrogens is 1040 g/mol. The number of rotatable bonds is 16. The van der Waals surface area contributed by atoms with Crippen LogP contribution in [-0.4, -0.2) is 153 Å². The Hall–Kier alpha value is -3.11. The summed E-state index contributed by atoms with van der Waals surface area (Å²) in [4.78, 5) is 52.7. The average Bonchev–Trinajstić information content (AvgIpc) is 4.31. The second-order valence-electron chi connectivity index (χ2n) is 25.9. The smallest absolute Gasteiger partial charge is 0.316 e. The van der Waals surface area contributed by atoms with Gasteiger partial charge in [-0.1, -0.05) is 91.7 Å². The topological polar surface area (TPSA) is 210 Å². The molecule has 79 heavy (non-hydrogen) atoms. The van der Waals surface area contributed by atoms with Crippen molar-refractivity contribution in [3.8, 4) is 0 Å². The lowest BCUT2D eigenvalue weighted by molar-refractivity contribution is -0.340. The molecule has 2 bridgehead atoms. The molecule has 1 spiro atoms. The van der Waals surface area contributed by atoms with Gasteiger partial charge in [-0.2, -0.15) is 11.8 Å². The first kappa shape index (κ1) is 61.9. The molecule has 0 aromatic rings. The Morgan fingerprint density at radius 1 is 1.01 bits per heavy atom. The number of thioether (sulfide) groups is 1. The number of aliphatic hydroxyl groups is 1. The molecule has 7 heterocycles. The van der Waals surface area contributed by atoms with Gasteiger partial charge in [0.25, 0.3) is 0 Å². The normalized spacial score (nSPS) is 41.0. The van der Waals surface area contributed by atoms with E-state index in [1.165, 1.54) is 0 Å². The molecular formula is C60H96N4O13SSi. The molecule has 17 nitrogen and oxygen atoms in total. The maximum atomic E-state index is 14.9. The molecule has 8 rings (SSSR count). The fraction of sp³-hybridized carbons (Fsp3) is 0.800. The Morgan fingerprint density at radius 2 is 1.78 bits per heavy atom. The van der Waals surface area contributed by atoms with Crippen LogP contribution in [0.4, 0.5) is 4.79 Å². The number of unbranched alkanes of at least 4 members (excludes halogenated alkanes) is 1. The lowest BCUT2D eigenvalue weighted by Crippen LogP contribution is -2.60. The Morgan fingerprint density at radius 3 is 2.52 bits per heavy atom. The van der Waals surface area contributed by atoms with Crippen molar-refractivity contribution in [2.45, 2.75) is 254 Å². The molecule has 1 aliphatic carbocycles. The van der Waals surface area contributed by atoms with Crippen molar-refractivity contribution in [1.82, 2.24) is 21.3 Å². The highest BCUT2D eigenvalue weighted by Crippen LogP contribution is 2.50. The fourth-order valence-electron chi connectivity index (χ4n) is 13.1. The third-order valence-corrected chi connectivity index (χ3v) is 25.0. The number of hydrogen-bond donors (Lipinski definition) is 5. The van der Waals surface area contributed by atoms with Gasteiger partial charge in [0, 0.05) is 69.1 Å². The van der Waals surface area contributed by atoms with Gasteiger partial charge in [-0.3, -0.25) is 14.4 Å². The number of nitrogens with one attached hydrogen (secondary N) is 4. The van der Waals surface area contributed by atoms with Crippen LogP contribution in [0.15, 0.2) is 47.1 Å².